The summed E-state index contributed by atoms with van der Waals surface area (Å²) >= 11 is 5.90. The van der Waals surface area contributed by atoms with Crippen LogP contribution in [-0.4, -0.2) is 44.6 Å². The zero-order valence-electron chi connectivity index (χ0n) is 14.2. The normalized spacial score (nSPS) is 14.7. The van der Waals surface area contributed by atoms with Crippen molar-refractivity contribution in [1.29, 1.82) is 0 Å². The Bertz CT molecular complexity index is 713. The predicted molar refractivity (Wildman–Crippen MR) is 98.8 cm³/mol. The van der Waals surface area contributed by atoms with E-state index in [-0.39, 0.29) is 0 Å². The number of methoxy groups -OCH3 is 1. The van der Waals surface area contributed by atoms with E-state index in [4.69, 9.17) is 25.8 Å². The van der Waals surface area contributed by atoms with Crippen LogP contribution in [0.15, 0.2) is 47.6 Å². The fourth-order valence-electron chi connectivity index (χ4n) is 2.44. The Morgan fingerprint density at radius 1 is 1.12 bits per heavy atom. The zero-order valence-corrected chi connectivity index (χ0v) is 14.9. The van der Waals surface area contributed by atoms with Crippen molar-refractivity contribution in [2.24, 2.45) is 5.10 Å². The Hall–Kier alpha value is -2.24. The highest BCUT2D eigenvalue weighted by Crippen LogP contribution is 2.28. The maximum absolute atomic E-state index is 5.90. The van der Waals surface area contributed by atoms with E-state index in [1.165, 1.54) is 0 Å². The fraction of sp³-hybridized carbons (Fsp3) is 0.316. The summed E-state index contributed by atoms with van der Waals surface area (Å²) in [4.78, 5) is 0. The van der Waals surface area contributed by atoms with Crippen molar-refractivity contribution in [2.75, 3.05) is 33.4 Å². The highest BCUT2D eigenvalue weighted by Gasteiger charge is 2.08. The Kier molecular flexibility index (Phi) is 6.14. The molecule has 6 heteroatoms. The predicted octanol–water partition coefficient (Wildman–Crippen LogP) is 3.59. The molecule has 0 saturated carbocycles. The van der Waals surface area contributed by atoms with Crippen molar-refractivity contribution in [3.8, 4) is 11.5 Å². The first-order valence-electron chi connectivity index (χ1n) is 8.16. The van der Waals surface area contributed by atoms with Gasteiger partial charge in [-0.1, -0.05) is 23.7 Å². The number of hydrogen-bond donors (Lipinski definition) is 0. The molecule has 2 aromatic carbocycles. The van der Waals surface area contributed by atoms with E-state index in [1.54, 1.807) is 7.11 Å². The van der Waals surface area contributed by atoms with E-state index < -0.39 is 0 Å². The van der Waals surface area contributed by atoms with Gasteiger partial charge in [-0.05, 0) is 41.5 Å². The topological polar surface area (TPSA) is 43.3 Å². The smallest absolute Gasteiger partial charge is 0.161 e. The van der Waals surface area contributed by atoms with Gasteiger partial charge in [-0.2, -0.15) is 5.10 Å². The summed E-state index contributed by atoms with van der Waals surface area (Å²) < 4.78 is 16.6. The monoisotopic (exact) mass is 360 g/mol. The van der Waals surface area contributed by atoms with Crippen LogP contribution in [0.25, 0.3) is 0 Å². The van der Waals surface area contributed by atoms with Crippen molar-refractivity contribution in [1.82, 2.24) is 5.01 Å². The van der Waals surface area contributed by atoms with E-state index in [0.29, 0.717) is 23.1 Å². The molecule has 25 heavy (non-hydrogen) atoms. The first-order chi connectivity index (χ1) is 12.2. The summed E-state index contributed by atoms with van der Waals surface area (Å²) in [6, 6.07) is 13.4. The number of hydrogen-bond acceptors (Lipinski definition) is 5. The lowest BCUT2D eigenvalue weighted by Gasteiger charge is -2.23. The van der Waals surface area contributed by atoms with Gasteiger partial charge in [-0.3, -0.25) is 5.01 Å². The molecule has 0 atom stereocenters. The lowest BCUT2D eigenvalue weighted by atomic mass is 10.2. The van der Waals surface area contributed by atoms with Crippen LogP contribution >= 0.6 is 11.6 Å². The molecular formula is C19H21ClN2O3. The number of rotatable bonds is 6. The molecule has 0 spiro atoms. The number of morpholine rings is 1. The summed E-state index contributed by atoms with van der Waals surface area (Å²) in [5, 5.41) is 7.19. The lowest BCUT2D eigenvalue weighted by molar-refractivity contribution is 0.0397. The van der Waals surface area contributed by atoms with Gasteiger partial charge in [0.05, 0.1) is 39.6 Å². The van der Waals surface area contributed by atoms with Crippen molar-refractivity contribution in [2.45, 2.75) is 6.61 Å². The molecule has 1 heterocycles. The second-order valence-corrected chi connectivity index (χ2v) is 6.07. The molecule has 132 valence electrons. The van der Waals surface area contributed by atoms with Gasteiger partial charge in [0.1, 0.15) is 6.61 Å². The molecule has 0 radical (unpaired) electrons. The average Bonchev–Trinajstić information content (AvgIpc) is 2.67. The van der Waals surface area contributed by atoms with Gasteiger partial charge < -0.3 is 14.2 Å². The van der Waals surface area contributed by atoms with Gasteiger partial charge in [-0.25, -0.2) is 0 Å². The first-order valence-corrected chi connectivity index (χ1v) is 8.54. The van der Waals surface area contributed by atoms with E-state index >= 15 is 0 Å². The van der Waals surface area contributed by atoms with Crippen LogP contribution in [0.2, 0.25) is 5.02 Å². The highest BCUT2D eigenvalue weighted by molar-refractivity contribution is 6.30. The van der Waals surface area contributed by atoms with E-state index in [0.717, 1.165) is 37.4 Å². The summed E-state index contributed by atoms with van der Waals surface area (Å²) in [6.07, 6.45) is 1.83. The largest absolute Gasteiger partial charge is 0.493 e. The Balaban J connectivity index is 1.64. The van der Waals surface area contributed by atoms with E-state index in [2.05, 4.69) is 5.10 Å². The van der Waals surface area contributed by atoms with Crippen LogP contribution in [0.4, 0.5) is 0 Å². The Morgan fingerprint density at radius 2 is 1.88 bits per heavy atom. The second kappa shape index (κ2) is 8.74. The van der Waals surface area contributed by atoms with Crippen molar-refractivity contribution < 1.29 is 14.2 Å². The Labute approximate surface area is 152 Å². The summed E-state index contributed by atoms with van der Waals surface area (Å²) in [7, 11) is 1.63. The molecule has 1 fully saturated rings. The number of hydrazone groups is 1. The first kappa shape index (κ1) is 17.6. The van der Waals surface area contributed by atoms with Crippen molar-refractivity contribution in [3.05, 3.63) is 58.6 Å². The molecule has 0 aromatic heterocycles. The van der Waals surface area contributed by atoms with Gasteiger partial charge in [0, 0.05) is 5.02 Å². The number of halogens is 1. The van der Waals surface area contributed by atoms with Crippen LogP contribution in [0, 0.1) is 0 Å². The third kappa shape index (κ3) is 5.11. The van der Waals surface area contributed by atoms with Crippen molar-refractivity contribution >= 4 is 17.8 Å². The third-order valence-corrected chi connectivity index (χ3v) is 4.10. The summed E-state index contributed by atoms with van der Waals surface area (Å²) in [5.74, 6) is 1.38. The molecule has 0 unspecified atom stereocenters. The average molecular weight is 361 g/mol. The lowest BCUT2D eigenvalue weighted by Crippen LogP contribution is -2.32. The summed E-state index contributed by atoms with van der Waals surface area (Å²) in [6.45, 7) is 3.52. The van der Waals surface area contributed by atoms with Gasteiger partial charge in [0.25, 0.3) is 0 Å². The third-order valence-electron chi connectivity index (χ3n) is 3.85. The van der Waals surface area contributed by atoms with Crippen molar-refractivity contribution in [3.63, 3.8) is 0 Å². The van der Waals surface area contributed by atoms with Crippen LogP contribution in [0.3, 0.4) is 0 Å². The number of ether oxygens (including phenoxy) is 3. The van der Waals surface area contributed by atoms with E-state index in [1.807, 2.05) is 53.7 Å². The quantitative estimate of drug-likeness (QED) is 0.738. The zero-order chi connectivity index (χ0) is 17.5. The van der Waals surface area contributed by atoms with Crippen LogP contribution in [0.1, 0.15) is 11.1 Å². The molecule has 1 aliphatic rings. The van der Waals surface area contributed by atoms with Gasteiger partial charge in [-0.15, -0.1) is 0 Å². The molecule has 1 aliphatic heterocycles. The molecule has 5 nitrogen and oxygen atoms in total. The minimum absolute atomic E-state index is 0.453. The van der Waals surface area contributed by atoms with E-state index in [9.17, 15) is 0 Å². The molecule has 3 rings (SSSR count). The molecule has 1 saturated heterocycles. The maximum Gasteiger partial charge on any atom is 0.161 e. The van der Waals surface area contributed by atoms with Crippen LogP contribution < -0.4 is 9.47 Å². The van der Waals surface area contributed by atoms with Crippen LogP contribution in [0.5, 0.6) is 11.5 Å². The molecular weight excluding hydrogens is 340 g/mol. The van der Waals surface area contributed by atoms with Gasteiger partial charge >= 0.3 is 0 Å². The molecule has 0 N–H and O–H groups in total. The van der Waals surface area contributed by atoms with Crippen LogP contribution in [-0.2, 0) is 11.3 Å². The van der Waals surface area contributed by atoms with Gasteiger partial charge in [0.15, 0.2) is 11.5 Å². The highest BCUT2D eigenvalue weighted by atomic mass is 35.5. The second-order valence-electron chi connectivity index (χ2n) is 5.64. The minimum atomic E-state index is 0.453. The molecule has 0 aliphatic carbocycles. The number of nitrogens with zero attached hydrogens (tertiary/aromatic N) is 2. The summed E-state index contributed by atoms with van der Waals surface area (Å²) in [5.41, 5.74) is 2.01. The van der Waals surface area contributed by atoms with Gasteiger partial charge in [0.2, 0.25) is 0 Å². The molecule has 2 aromatic rings. The maximum atomic E-state index is 5.90. The fourth-order valence-corrected chi connectivity index (χ4v) is 2.57. The Morgan fingerprint density at radius 3 is 2.60 bits per heavy atom. The standard InChI is InChI=1S/C19H21ClN2O3/c1-23-19-12-16(13-21-22-8-10-24-11-9-22)4-7-18(19)25-14-15-2-5-17(20)6-3-15/h2-7,12-13H,8-11,14H2,1H3/b21-13-. The number of benzene rings is 2. The molecule has 0 bridgehead atoms. The minimum Gasteiger partial charge on any atom is -0.493 e. The SMILES string of the molecule is COc1cc(/C=N\N2CCOCC2)ccc1OCc1ccc(Cl)cc1. The molecule has 0 amide bonds.